The maximum atomic E-state index is 13.1. The largest absolute Gasteiger partial charge is 0.446 e. The summed E-state index contributed by atoms with van der Waals surface area (Å²) in [5.74, 6) is -0.375. The average molecular weight is 468 g/mol. The summed E-state index contributed by atoms with van der Waals surface area (Å²) >= 11 is -0.190. The van der Waals surface area contributed by atoms with Gasteiger partial charge in [0.2, 0.25) is 11.8 Å². The first-order valence-electron chi connectivity index (χ1n) is 9.91. The summed E-state index contributed by atoms with van der Waals surface area (Å²) in [6.45, 7) is 5.74. The SMILES string of the molecule is CC(C)(C)[C@@H](NC(=O)C1CC(=O)NC(c2ncccn2)N1)c1ccc(SC(F)(F)F)cc1. The van der Waals surface area contributed by atoms with E-state index in [1.807, 2.05) is 20.8 Å². The van der Waals surface area contributed by atoms with Gasteiger partial charge in [-0.3, -0.25) is 14.9 Å². The van der Waals surface area contributed by atoms with Crippen LogP contribution in [0.1, 0.15) is 50.8 Å². The molecule has 2 heterocycles. The molecule has 0 bridgehead atoms. The van der Waals surface area contributed by atoms with Gasteiger partial charge in [-0.05, 0) is 40.9 Å². The van der Waals surface area contributed by atoms with E-state index >= 15 is 0 Å². The van der Waals surface area contributed by atoms with Crippen LogP contribution in [0.25, 0.3) is 0 Å². The minimum Gasteiger partial charge on any atom is -0.347 e. The van der Waals surface area contributed by atoms with E-state index in [4.69, 9.17) is 0 Å². The van der Waals surface area contributed by atoms with Crippen molar-refractivity contribution in [2.75, 3.05) is 0 Å². The van der Waals surface area contributed by atoms with Crippen LogP contribution in [0, 0.1) is 5.41 Å². The number of alkyl halides is 3. The summed E-state index contributed by atoms with van der Waals surface area (Å²) in [5, 5.41) is 8.71. The van der Waals surface area contributed by atoms with E-state index in [0.717, 1.165) is 0 Å². The van der Waals surface area contributed by atoms with Crippen molar-refractivity contribution < 1.29 is 22.8 Å². The average Bonchev–Trinajstić information content (AvgIpc) is 2.71. The number of carbonyl (C=O) groups is 2. The number of hydrogen-bond acceptors (Lipinski definition) is 6. The molecule has 1 aliphatic rings. The lowest BCUT2D eigenvalue weighted by Crippen LogP contribution is -2.57. The second-order valence-electron chi connectivity index (χ2n) is 8.46. The van der Waals surface area contributed by atoms with Gasteiger partial charge in [-0.2, -0.15) is 13.2 Å². The van der Waals surface area contributed by atoms with Gasteiger partial charge in [0.25, 0.3) is 0 Å². The zero-order valence-corrected chi connectivity index (χ0v) is 18.6. The zero-order valence-electron chi connectivity index (χ0n) is 17.7. The Bertz CT molecular complexity index is 949. The van der Waals surface area contributed by atoms with E-state index in [0.29, 0.717) is 11.4 Å². The molecule has 1 saturated heterocycles. The number of benzene rings is 1. The van der Waals surface area contributed by atoms with E-state index < -0.39 is 35.1 Å². The minimum atomic E-state index is -4.37. The zero-order chi connectivity index (χ0) is 23.5. The third-order valence-corrected chi connectivity index (χ3v) is 5.56. The van der Waals surface area contributed by atoms with Crippen molar-refractivity contribution >= 4 is 23.6 Å². The fourth-order valence-electron chi connectivity index (χ4n) is 3.38. The molecule has 172 valence electrons. The van der Waals surface area contributed by atoms with Gasteiger partial charge >= 0.3 is 5.51 Å². The van der Waals surface area contributed by atoms with Crippen LogP contribution in [0.2, 0.25) is 0 Å². The highest BCUT2D eigenvalue weighted by molar-refractivity contribution is 8.00. The third-order valence-electron chi connectivity index (χ3n) is 4.82. The van der Waals surface area contributed by atoms with E-state index in [2.05, 4.69) is 25.9 Å². The molecule has 1 fully saturated rings. The van der Waals surface area contributed by atoms with Crippen LogP contribution in [0.15, 0.2) is 47.6 Å². The van der Waals surface area contributed by atoms with Crippen LogP contribution in [0.5, 0.6) is 0 Å². The predicted octanol–water partition coefficient (Wildman–Crippen LogP) is 3.47. The molecule has 3 N–H and O–H groups in total. The lowest BCUT2D eigenvalue weighted by atomic mass is 9.82. The fourth-order valence-corrected chi connectivity index (χ4v) is 3.92. The maximum Gasteiger partial charge on any atom is 0.446 e. The molecule has 0 spiro atoms. The van der Waals surface area contributed by atoms with Gasteiger partial charge in [-0.15, -0.1) is 0 Å². The molecule has 1 aromatic heterocycles. The Morgan fingerprint density at radius 3 is 2.34 bits per heavy atom. The highest BCUT2D eigenvalue weighted by Gasteiger charge is 2.36. The van der Waals surface area contributed by atoms with Gasteiger partial charge in [0.1, 0.15) is 6.17 Å². The number of nitrogens with one attached hydrogen (secondary N) is 3. The summed E-state index contributed by atoms with van der Waals surface area (Å²) < 4.78 is 37.8. The summed E-state index contributed by atoms with van der Waals surface area (Å²) in [6, 6.07) is 6.25. The molecule has 1 aromatic carbocycles. The number of nitrogens with zero attached hydrogens (tertiary/aromatic N) is 2. The maximum absolute atomic E-state index is 13.1. The Kier molecular flexibility index (Phi) is 7.09. The van der Waals surface area contributed by atoms with Crippen molar-refractivity contribution in [1.29, 1.82) is 0 Å². The molecule has 3 rings (SSSR count). The minimum absolute atomic E-state index is 0.0623. The van der Waals surface area contributed by atoms with Crippen LogP contribution in [0.4, 0.5) is 13.2 Å². The topological polar surface area (TPSA) is 96.0 Å². The van der Waals surface area contributed by atoms with Crippen LogP contribution >= 0.6 is 11.8 Å². The Hall–Kier alpha value is -2.66. The van der Waals surface area contributed by atoms with Crippen LogP contribution < -0.4 is 16.0 Å². The van der Waals surface area contributed by atoms with Crippen LogP contribution in [-0.2, 0) is 9.59 Å². The van der Waals surface area contributed by atoms with Gasteiger partial charge in [0.15, 0.2) is 5.82 Å². The summed E-state index contributed by atoms with van der Waals surface area (Å²) in [5.41, 5.74) is -4.14. The van der Waals surface area contributed by atoms with E-state index in [1.165, 1.54) is 24.5 Å². The quantitative estimate of drug-likeness (QED) is 0.583. The number of thioether (sulfide) groups is 1. The first-order valence-corrected chi connectivity index (χ1v) is 10.7. The molecular formula is C21H24F3N5O2S. The van der Waals surface area contributed by atoms with Crippen LogP contribution in [0.3, 0.4) is 0 Å². The van der Waals surface area contributed by atoms with E-state index in [-0.39, 0.29) is 29.0 Å². The van der Waals surface area contributed by atoms with Crippen molar-refractivity contribution in [2.24, 2.45) is 5.41 Å². The molecule has 2 amide bonds. The normalized spacial score (nSPS) is 20.4. The van der Waals surface area contributed by atoms with Crippen molar-refractivity contribution in [2.45, 2.75) is 55.8 Å². The smallest absolute Gasteiger partial charge is 0.347 e. The first kappa shape index (κ1) is 24.0. The highest BCUT2D eigenvalue weighted by atomic mass is 32.2. The van der Waals surface area contributed by atoms with Crippen molar-refractivity contribution in [3.8, 4) is 0 Å². The predicted molar refractivity (Wildman–Crippen MR) is 113 cm³/mol. The van der Waals surface area contributed by atoms with Gasteiger partial charge in [-0.1, -0.05) is 32.9 Å². The van der Waals surface area contributed by atoms with Crippen molar-refractivity contribution in [3.05, 3.63) is 54.1 Å². The Morgan fingerprint density at radius 2 is 1.78 bits per heavy atom. The molecule has 11 heteroatoms. The molecule has 1 aliphatic heterocycles. The monoisotopic (exact) mass is 467 g/mol. The molecule has 7 nitrogen and oxygen atoms in total. The lowest BCUT2D eigenvalue weighted by molar-refractivity contribution is -0.132. The fraction of sp³-hybridized carbons (Fsp3) is 0.429. The Morgan fingerprint density at radius 1 is 1.16 bits per heavy atom. The molecule has 0 radical (unpaired) electrons. The number of amides is 2. The third kappa shape index (κ3) is 6.42. The summed E-state index contributed by atoms with van der Waals surface area (Å²) in [4.78, 5) is 33.5. The number of aromatic nitrogens is 2. The molecular weight excluding hydrogens is 443 g/mol. The van der Waals surface area contributed by atoms with Gasteiger partial charge < -0.3 is 10.6 Å². The number of rotatable bonds is 5. The van der Waals surface area contributed by atoms with E-state index in [9.17, 15) is 22.8 Å². The van der Waals surface area contributed by atoms with Crippen molar-refractivity contribution in [3.63, 3.8) is 0 Å². The highest BCUT2D eigenvalue weighted by Crippen LogP contribution is 2.38. The lowest BCUT2D eigenvalue weighted by Gasteiger charge is -2.35. The summed E-state index contributed by atoms with van der Waals surface area (Å²) in [6.07, 6.45) is 2.31. The number of hydrogen-bond donors (Lipinski definition) is 3. The number of carbonyl (C=O) groups excluding carboxylic acids is 2. The molecule has 2 aromatic rings. The van der Waals surface area contributed by atoms with Gasteiger partial charge in [-0.25, -0.2) is 9.97 Å². The summed E-state index contributed by atoms with van der Waals surface area (Å²) in [7, 11) is 0. The Balaban J connectivity index is 1.75. The van der Waals surface area contributed by atoms with E-state index in [1.54, 1.807) is 18.2 Å². The molecule has 32 heavy (non-hydrogen) atoms. The Labute approximate surface area is 188 Å². The first-order chi connectivity index (χ1) is 14.9. The standard InChI is InChI=1S/C21H24F3N5O2S/c1-20(2,3)16(12-5-7-13(8-6-12)32-21(22,23)24)29-19(31)14-11-15(30)28-18(27-14)17-25-9-4-10-26-17/h4-10,14,16,18,27H,11H2,1-3H3,(H,28,30)(H,29,31)/t14?,16-,18?/m0/s1. The van der Waals surface area contributed by atoms with Gasteiger partial charge in [0, 0.05) is 17.3 Å². The molecule has 3 atom stereocenters. The second kappa shape index (κ2) is 9.45. The van der Waals surface area contributed by atoms with Crippen molar-refractivity contribution in [1.82, 2.24) is 25.9 Å². The van der Waals surface area contributed by atoms with Gasteiger partial charge in [0.05, 0.1) is 18.5 Å². The second-order valence-corrected chi connectivity index (χ2v) is 9.59. The number of halogens is 3. The molecule has 2 unspecified atom stereocenters. The molecule has 0 aliphatic carbocycles. The van der Waals surface area contributed by atoms with Crippen LogP contribution in [-0.4, -0.2) is 33.3 Å². The molecule has 0 saturated carbocycles.